The third-order valence-corrected chi connectivity index (χ3v) is 7.72. The van der Waals surface area contributed by atoms with Crippen molar-refractivity contribution in [3.63, 3.8) is 0 Å². The Morgan fingerprint density at radius 1 is 1.03 bits per heavy atom. The van der Waals surface area contributed by atoms with Crippen molar-refractivity contribution in [3.8, 4) is 18.1 Å². The second-order valence-corrected chi connectivity index (χ2v) is 9.93. The van der Waals surface area contributed by atoms with Crippen molar-refractivity contribution in [3.05, 3.63) is 59.2 Å². The van der Waals surface area contributed by atoms with Crippen LogP contribution in [0.25, 0.3) is 0 Å². The number of benzene rings is 2. The van der Waals surface area contributed by atoms with Crippen LogP contribution in [0.5, 0.6) is 5.75 Å². The minimum absolute atomic E-state index is 0.159. The van der Waals surface area contributed by atoms with E-state index < -0.39 is 0 Å². The molecule has 174 valence electrons. The van der Waals surface area contributed by atoms with Crippen LogP contribution in [0.1, 0.15) is 80.4 Å². The maximum absolute atomic E-state index is 13.6. The summed E-state index contributed by atoms with van der Waals surface area (Å²) >= 11 is 0. The molecule has 2 aliphatic rings. The standard InChI is InChI=1S/C30H37NO2/c1-4-23-9-8-12-28(20-23)31(30(32)26-10-6-5-7-11-26)21-24-13-15-25(16-14-24)27-17-18-29(33-3)22(2)19-27/h1,8-9,12,17-20,24-26H,5-7,10-11,13-16,21H2,2-3H3. The Kier molecular flexibility index (Phi) is 7.76. The largest absolute Gasteiger partial charge is 0.496 e. The molecule has 3 nitrogen and oxygen atoms in total. The van der Waals surface area contributed by atoms with Crippen LogP contribution >= 0.6 is 0 Å². The number of hydrogen-bond donors (Lipinski definition) is 0. The van der Waals surface area contributed by atoms with E-state index >= 15 is 0 Å². The quantitative estimate of drug-likeness (QED) is 0.456. The first-order valence-electron chi connectivity index (χ1n) is 12.6. The first-order chi connectivity index (χ1) is 16.1. The molecule has 0 aliphatic heterocycles. The maximum atomic E-state index is 13.6. The highest BCUT2D eigenvalue weighted by Gasteiger charge is 2.31. The molecular formula is C30H37NO2. The predicted molar refractivity (Wildman–Crippen MR) is 136 cm³/mol. The van der Waals surface area contributed by atoms with Crippen LogP contribution in [0, 0.1) is 31.1 Å². The molecule has 0 N–H and O–H groups in total. The van der Waals surface area contributed by atoms with E-state index in [1.807, 2.05) is 24.3 Å². The molecule has 2 aliphatic carbocycles. The van der Waals surface area contributed by atoms with Crippen LogP contribution < -0.4 is 9.64 Å². The molecule has 2 saturated carbocycles. The first kappa shape index (κ1) is 23.4. The Morgan fingerprint density at radius 3 is 2.45 bits per heavy atom. The van der Waals surface area contributed by atoms with E-state index in [2.05, 4.69) is 35.9 Å². The fourth-order valence-corrected chi connectivity index (χ4v) is 5.75. The van der Waals surface area contributed by atoms with Crippen molar-refractivity contribution in [2.45, 2.75) is 70.6 Å². The fourth-order valence-electron chi connectivity index (χ4n) is 5.75. The second-order valence-electron chi connectivity index (χ2n) is 9.93. The number of aryl methyl sites for hydroxylation is 1. The minimum atomic E-state index is 0.159. The maximum Gasteiger partial charge on any atom is 0.230 e. The third-order valence-electron chi connectivity index (χ3n) is 7.72. The summed E-state index contributed by atoms with van der Waals surface area (Å²) in [7, 11) is 1.73. The van der Waals surface area contributed by atoms with Crippen molar-refractivity contribution in [1.29, 1.82) is 0 Å². The molecule has 0 aromatic heterocycles. The summed E-state index contributed by atoms with van der Waals surface area (Å²) in [5.74, 6) is 5.28. The zero-order valence-corrected chi connectivity index (χ0v) is 20.2. The fraction of sp³-hybridized carbons (Fsp3) is 0.500. The van der Waals surface area contributed by atoms with E-state index in [4.69, 9.17) is 11.2 Å². The smallest absolute Gasteiger partial charge is 0.230 e. The lowest BCUT2D eigenvalue weighted by atomic mass is 9.78. The number of carbonyl (C=O) groups is 1. The summed E-state index contributed by atoms with van der Waals surface area (Å²) in [6, 6.07) is 14.6. The van der Waals surface area contributed by atoms with Gasteiger partial charge in [-0.2, -0.15) is 0 Å². The number of methoxy groups -OCH3 is 1. The summed E-state index contributed by atoms with van der Waals surface area (Å²) in [4.78, 5) is 15.7. The van der Waals surface area contributed by atoms with Crippen molar-refractivity contribution in [1.82, 2.24) is 0 Å². The molecule has 0 bridgehead atoms. The van der Waals surface area contributed by atoms with E-state index in [9.17, 15) is 4.79 Å². The van der Waals surface area contributed by atoms with Gasteiger partial charge in [-0.1, -0.05) is 43.4 Å². The monoisotopic (exact) mass is 443 g/mol. The number of ether oxygens (including phenoxy) is 1. The Hall–Kier alpha value is -2.73. The van der Waals surface area contributed by atoms with Gasteiger partial charge in [-0.25, -0.2) is 0 Å². The van der Waals surface area contributed by atoms with E-state index in [-0.39, 0.29) is 5.92 Å². The number of carbonyl (C=O) groups excluding carboxylic acids is 1. The highest BCUT2D eigenvalue weighted by Crippen LogP contribution is 2.38. The topological polar surface area (TPSA) is 29.5 Å². The van der Waals surface area contributed by atoms with E-state index in [0.717, 1.165) is 49.2 Å². The molecule has 33 heavy (non-hydrogen) atoms. The van der Waals surface area contributed by atoms with Gasteiger partial charge >= 0.3 is 0 Å². The average Bonchev–Trinajstić information content (AvgIpc) is 2.87. The SMILES string of the molecule is C#Cc1cccc(N(CC2CCC(c3ccc(OC)c(C)c3)CC2)C(=O)C2CCCCC2)c1. The van der Waals surface area contributed by atoms with Crippen LogP contribution in [0.2, 0.25) is 0 Å². The predicted octanol–water partition coefficient (Wildman–Crippen LogP) is 6.87. The zero-order chi connectivity index (χ0) is 23.2. The minimum Gasteiger partial charge on any atom is -0.496 e. The molecule has 1 amide bonds. The highest BCUT2D eigenvalue weighted by molar-refractivity contribution is 5.95. The van der Waals surface area contributed by atoms with Gasteiger partial charge in [0.25, 0.3) is 0 Å². The molecule has 0 spiro atoms. The molecule has 2 aromatic rings. The van der Waals surface area contributed by atoms with Crippen molar-refractivity contribution in [2.24, 2.45) is 11.8 Å². The normalized spacial score (nSPS) is 21.2. The molecule has 2 fully saturated rings. The van der Waals surface area contributed by atoms with Crippen LogP contribution in [0.4, 0.5) is 5.69 Å². The van der Waals surface area contributed by atoms with Gasteiger partial charge in [-0.3, -0.25) is 4.79 Å². The van der Waals surface area contributed by atoms with E-state index in [1.165, 1.54) is 43.2 Å². The van der Waals surface area contributed by atoms with Crippen molar-refractivity contribution >= 4 is 11.6 Å². The number of amides is 1. The van der Waals surface area contributed by atoms with Gasteiger partial charge in [-0.05, 0) is 92.7 Å². The highest BCUT2D eigenvalue weighted by atomic mass is 16.5. The summed E-state index contributed by atoms with van der Waals surface area (Å²) in [5, 5.41) is 0. The van der Waals surface area contributed by atoms with Gasteiger partial charge in [0.15, 0.2) is 0 Å². The summed E-state index contributed by atoms with van der Waals surface area (Å²) in [6.45, 7) is 2.92. The van der Waals surface area contributed by atoms with Crippen LogP contribution in [0.3, 0.4) is 0 Å². The lowest BCUT2D eigenvalue weighted by Gasteiger charge is -2.35. The first-order valence-corrected chi connectivity index (χ1v) is 12.6. The molecular weight excluding hydrogens is 406 g/mol. The van der Waals surface area contributed by atoms with Crippen LogP contribution in [0.15, 0.2) is 42.5 Å². The van der Waals surface area contributed by atoms with Gasteiger partial charge < -0.3 is 9.64 Å². The number of anilines is 1. The zero-order valence-electron chi connectivity index (χ0n) is 20.2. The Bertz CT molecular complexity index is 991. The van der Waals surface area contributed by atoms with Gasteiger partial charge in [-0.15, -0.1) is 6.42 Å². The van der Waals surface area contributed by atoms with E-state index in [1.54, 1.807) is 7.11 Å². The van der Waals surface area contributed by atoms with Crippen LogP contribution in [-0.2, 0) is 4.79 Å². The third kappa shape index (κ3) is 5.61. The number of rotatable bonds is 6. The van der Waals surface area contributed by atoms with Gasteiger partial charge in [0.1, 0.15) is 5.75 Å². The lowest BCUT2D eigenvalue weighted by molar-refractivity contribution is -0.123. The number of terminal acetylenes is 1. The van der Waals surface area contributed by atoms with Gasteiger partial charge in [0.2, 0.25) is 5.91 Å². The van der Waals surface area contributed by atoms with Gasteiger partial charge in [0, 0.05) is 23.7 Å². The summed E-state index contributed by atoms with van der Waals surface area (Å²) in [6.07, 6.45) is 15.9. The Labute approximate surface area is 199 Å². The lowest BCUT2D eigenvalue weighted by Crippen LogP contribution is -2.41. The van der Waals surface area contributed by atoms with E-state index in [0.29, 0.717) is 17.7 Å². The number of hydrogen-bond acceptors (Lipinski definition) is 2. The summed E-state index contributed by atoms with van der Waals surface area (Å²) in [5.41, 5.74) is 4.43. The van der Waals surface area contributed by atoms with Crippen molar-refractivity contribution in [2.75, 3.05) is 18.6 Å². The Morgan fingerprint density at radius 2 is 1.79 bits per heavy atom. The van der Waals surface area contributed by atoms with Gasteiger partial charge in [0.05, 0.1) is 7.11 Å². The molecule has 3 heteroatoms. The molecule has 0 atom stereocenters. The molecule has 0 unspecified atom stereocenters. The molecule has 2 aromatic carbocycles. The molecule has 0 heterocycles. The van der Waals surface area contributed by atoms with Crippen LogP contribution in [-0.4, -0.2) is 19.6 Å². The molecule has 4 rings (SSSR count). The Balaban J connectivity index is 1.46. The number of nitrogens with zero attached hydrogens (tertiary/aromatic N) is 1. The molecule has 0 radical (unpaired) electrons. The summed E-state index contributed by atoms with van der Waals surface area (Å²) < 4.78 is 5.43. The van der Waals surface area contributed by atoms with Crippen molar-refractivity contribution < 1.29 is 9.53 Å². The average molecular weight is 444 g/mol. The molecule has 0 saturated heterocycles. The second kappa shape index (κ2) is 10.9.